The second kappa shape index (κ2) is 9.74. The first-order valence-corrected chi connectivity index (χ1v) is 10.7. The molecule has 0 bridgehead atoms. The third kappa shape index (κ3) is 5.29. The van der Waals surface area contributed by atoms with Crippen molar-refractivity contribution < 1.29 is 19.1 Å². The van der Waals surface area contributed by atoms with Crippen molar-refractivity contribution in [3.63, 3.8) is 0 Å². The molecule has 2 aliphatic rings. The van der Waals surface area contributed by atoms with Crippen LogP contribution in [0.3, 0.4) is 0 Å². The number of carbonyl (C=O) groups is 3. The van der Waals surface area contributed by atoms with Crippen LogP contribution in [0.15, 0.2) is 36.4 Å². The average molecular weight is 425 g/mol. The Morgan fingerprint density at radius 3 is 2.74 bits per heavy atom. The van der Waals surface area contributed by atoms with Gasteiger partial charge < -0.3 is 20.3 Å². The summed E-state index contributed by atoms with van der Waals surface area (Å²) in [6, 6.07) is 11.3. The first-order valence-electron chi connectivity index (χ1n) is 10.7. The lowest BCUT2D eigenvalue weighted by atomic mass is 10.2. The maximum Gasteiger partial charge on any atom is 0.272 e. The number of amides is 3. The van der Waals surface area contributed by atoms with Crippen molar-refractivity contribution >= 4 is 17.7 Å². The monoisotopic (exact) mass is 425 g/mol. The molecule has 3 heterocycles. The summed E-state index contributed by atoms with van der Waals surface area (Å²) in [6.07, 6.45) is 2.74. The summed E-state index contributed by atoms with van der Waals surface area (Å²) in [7, 11) is 0. The second-order valence-corrected chi connectivity index (χ2v) is 7.83. The van der Waals surface area contributed by atoms with E-state index in [1.807, 2.05) is 30.3 Å². The first-order chi connectivity index (χ1) is 15.1. The molecule has 0 aliphatic carbocycles. The number of ether oxygens (including phenoxy) is 1. The highest BCUT2D eigenvalue weighted by Crippen LogP contribution is 2.16. The molecule has 0 spiro atoms. The lowest BCUT2D eigenvalue weighted by Gasteiger charge is -2.20. The molecule has 0 unspecified atom stereocenters. The summed E-state index contributed by atoms with van der Waals surface area (Å²) in [5, 5.41) is 9.63. The Labute approximate surface area is 180 Å². The molecule has 2 aromatic rings. The number of carbonyl (C=O) groups excluding carboxylic acids is 3. The highest BCUT2D eigenvalue weighted by Gasteiger charge is 2.26. The van der Waals surface area contributed by atoms with Gasteiger partial charge in [0, 0.05) is 38.9 Å². The van der Waals surface area contributed by atoms with E-state index in [-0.39, 0.29) is 30.2 Å². The van der Waals surface area contributed by atoms with Crippen molar-refractivity contribution in [3.05, 3.63) is 53.3 Å². The van der Waals surface area contributed by atoms with E-state index in [2.05, 4.69) is 15.7 Å². The normalized spacial score (nSPS) is 18.4. The molecule has 1 saturated heterocycles. The van der Waals surface area contributed by atoms with Crippen molar-refractivity contribution in [2.24, 2.45) is 0 Å². The van der Waals surface area contributed by atoms with Crippen LogP contribution in [-0.2, 0) is 22.6 Å². The van der Waals surface area contributed by atoms with Crippen molar-refractivity contribution in [2.75, 3.05) is 26.2 Å². The van der Waals surface area contributed by atoms with Crippen LogP contribution in [0, 0.1) is 0 Å². The zero-order valence-electron chi connectivity index (χ0n) is 17.4. The number of aryl methyl sites for hydroxylation is 1. The number of nitrogens with one attached hydrogen (secondary N) is 2. The van der Waals surface area contributed by atoms with Crippen LogP contribution in [-0.4, -0.2) is 64.7 Å². The molecular weight excluding hydrogens is 398 g/mol. The lowest BCUT2D eigenvalue weighted by molar-refractivity contribution is -0.120. The van der Waals surface area contributed by atoms with Crippen LogP contribution < -0.4 is 10.6 Å². The molecule has 1 atom stereocenters. The third-order valence-electron chi connectivity index (χ3n) is 5.49. The van der Waals surface area contributed by atoms with Gasteiger partial charge in [-0.05, 0) is 24.8 Å². The molecule has 9 nitrogen and oxygen atoms in total. The summed E-state index contributed by atoms with van der Waals surface area (Å²) in [6.45, 7) is 2.72. The Morgan fingerprint density at radius 2 is 1.97 bits per heavy atom. The van der Waals surface area contributed by atoms with Gasteiger partial charge in [-0.3, -0.25) is 19.1 Å². The largest absolute Gasteiger partial charge is 0.376 e. The van der Waals surface area contributed by atoms with Gasteiger partial charge in [0.25, 0.3) is 11.8 Å². The van der Waals surface area contributed by atoms with Gasteiger partial charge in [0.1, 0.15) is 5.69 Å². The predicted octanol–water partition coefficient (Wildman–Crippen LogP) is 0.954. The van der Waals surface area contributed by atoms with Gasteiger partial charge in [-0.25, -0.2) is 0 Å². The molecule has 164 valence electrons. The topological polar surface area (TPSA) is 106 Å². The van der Waals surface area contributed by atoms with Gasteiger partial charge in [0.2, 0.25) is 5.91 Å². The molecule has 2 N–H and O–H groups in total. The highest BCUT2D eigenvalue weighted by atomic mass is 16.5. The lowest BCUT2D eigenvalue weighted by Crippen LogP contribution is -2.40. The fourth-order valence-electron chi connectivity index (χ4n) is 3.85. The van der Waals surface area contributed by atoms with E-state index < -0.39 is 5.91 Å². The van der Waals surface area contributed by atoms with Crippen LogP contribution in [0.1, 0.15) is 45.8 Å². The third-order valence-corrected chi connectivity index (χ3v) is 5.49. The molecule has 9 heteroatoms. The van der Waals surface area contributed by atoms with Gasteiger partial charge in [-0.2, -0.15) is 5.10 Å². The fraction of sp³-hybridized carbons (Fsp3) is 0.455. The minimum Gasteiger partial charge on any atom is -0.376 e. The van der Waals surface area contributed by atoms with Crippen LogP contribution in [0.25, 0.3) is 0 Å². The fourth-order valence-corrected chi connectivity index (χ4v) is 3.85. The SMILES string of the molecule is O=C(CNC(=O)c1cc2n(n1)CCCN(Cc1ccccc1)C2=O)NC[C@@H]1CCCO1. The van der Waals surface area contributed by atoms with E-state index in [0.717, 1.165) is 31.4 Å². The number of hydrogen-bond donors (Lipinski definition) is 2. The number of benzene rings is 1. The number of fused-ring (bicyclic) bond motifs is 1. The van der Waals surface area contributed by atoms with Crippen molar-refractivity contribution in [3.8, 4) is 0 Å². The second-order valence-electron chi connectivity index (χ2n) is 7.83. The summed E-state index contributed by atoms with van der Waals surface area (Å²) < 4.78 is 7.04. The predicted molar refractivity (Wildman–Crippen MR) is 112 cm³/mol. The van der Waals surface area contributed by atoms with Crippen LogP contribution in [0.2, 0.25) is 0 Å². The van der Waals surface area contributed by atoms with Gasteiger partial charge in [0.15, 0.2) is 5.69 Å². The molecule has 0 saturated carbocycles. The average Bonchev–Trinajstić information content (AvgIpc) is 3.43. The van der Waals surface area contributed by atoms with Crippen molar-refractivity contribution in [1.82, 2.24) is 25.3 Å². The first kappa shape index (κ1) is 21.0. The van der Waals surface area contributed by atoms with Crippen molar-refractivity contribution in [1.29, 1.82) is 0 Å². The number of aromatic nitrogens is 2. The minimum atomic E-state index is -0.477. The summed E-state index contributed by atoms with van der Waals surface area (Å²) in [5.74, 6) is -0.910. The minimum absolute atomic E-state index is 0.0493. The Morgan fingerprint density at radius 1 is 1.13 bits per heavy atom. The smallest absolute Gasteiger partial charge is 0.272 e. The van der Waals surface area contributed by atoms with Gasteiger partial charge in [0.05, 0.1) is 12.6 Å². The van der Waals surface area contributed by atoms with Crippen molar-refractivity contribution in [2.45, 2.75) is 38.5 Å². The summed E-state index contributed by atoms with van der Waals surface area (Å²) in [4.78, 5) is 39.2. The molecule has 4 rings (SSSR count). The Balaban J connectivity index is 1.34. The molecule has 2 aliphatic heterocycles. The van der Waals surface area contributed by atoms with E-state index in [9.17, 15) is 14.4 Å². The molecule has 1 aromatic heterocycles. The maximum atomic E-state index is 13.0. The molecule has 0 radical (unpaired) electrons. The van der Waals surface area contributed by atoms with E-state index in [1.165, 1.54) is 6.07 Å². The van der Waals surface area contributed by atoms with Gasteiger partial charge in [-0.1, -0.05) is 30.3 Å². The van der Waals surface area contributed by atoms with E-state index in [1.54, 1.807) is 9.58 Å². The molecule has 31 heavy (non-hydrogen) atoms. The number of nitrogens with zero attached hydrogens (tertiary/aromatic N) is 3. The molecule has 3 amide bonds. The Kier molecular flexibility index (Phi) is 6.61. The highest BCUT2D eigenvalue weighted by molar-refractivity contribution is 5.99. The van der Waals surface area contributed by atoms with E-state index in [0.29, 0.717) is 31.9 Å². The van der Waals surface area contributed by atoms with Crippen LogP contribution in [0.5, 0.6) is 0 Å². The zero-order valence-corrected chi connectivity index (χ0v) is 17.4. The van der Waals surface area contributed by atoms with Gasteiger partial charge in [-0.15, -0.1) is 0 Å². The number of rotatable bonds is 7. The molecular formula is C22H27N5O4. The molecule has 1 aromatic carbocycles. The van der Waals surface area contributed by atoms with E-state index >= 15 is 0 Å². The Hall–Kier alpha value is -3.20. The Bertz CT molecular complexity index is 937. The molecule has 1 fully saturated rings. The maximum absolute atomic E-state index is 13.0. The van der Waals surface area contributed by atoms with Gasteiger partial charge >= 0.3 is 0 Å². The number of hydrogen-bond acceptors (Lipinski definition) is 5. The zero-order chi connectivity index (χ0) is 21.6. The standard InChI is InChI=1S/C22H27N5O4/c28-20(23-13-17-8-4-11-31-17)14-24-21(29)18-12-19-22(30)26(9-5-10-27(19)25-18)15-16-6-2-1-3-7-16/h1-3,6-7,12,17H,4-5,8-11,13-15H2,(H,23,28)(H,24,29)/t17-/m0/s1. The summed E-state index contributed by atoms with van der Waals surface area (Å²) in [5.41, 5.74) is 1.58. The quantitative estimate of drug-likeness (QED) is 0.687. The van der Waals surface area contributed by atoms with Crippen LogP contribution in [0.4, 0.5) is 0 Å². The van der Waals surface area contributed by atoms with E-state index in [4.69, 9.17) is 4.74 Å². The van der Waals surface area contributed by atoms with Crippen LogP contribution >= 0.6 is 0 Å². The summed E-state index contributed by atoms with van der Waals surface area (Å²) >= 11 is 0.